The number of aryl methyl sites for hydroxylation is 1. The molecule has 0 aliphatic carbocycles. The number of rotatable bonds is 5. The van der Waals surface area contributed by atoms with Crippen molar-refractivity contribution in [3.63, 3.8) is 0 Å². The highest BCUT2D eigenvalue weighted by atomic mass is 79.9. The first-order chi connectivity index (χ1) is 7.88. The smallest absolute Gasteiger partial charge is 0.0820 e. The first-order valence-corrected chi connectivity index (χ1v) is 6.48. The van der Waals surface area contributed by atoms with Crippen molar-refractivity contribution in [2.45, 2.75) is 31.8 Å². The molecular weight excluding hydrogens is 282 g/mol. The topological polar surface area (TPSA) is 59.1 Å². The minimum absolute atomic E-state index is 0.00405. The van der Waals surface area contributed by atoms with Crippen molar-refractivity contribution in [3.05, 3.63) is 16.4 Å². The van der Waals surface area contributed by atoms with Crippen LogP contribution in [0.25, 0.3) is 0 Å². The van der Waals surface area contributed by atoms with E-state index in [1.807, 2.05) is 11.7 Å². The van der Waals surface area contributed by atoms with Gasteiger partial charge in [-0.2, -0.15) is 5.10 Å². The summed E-state index contributed by atoms with van der Waals surface area (Å²) >= 11 is 3.53. The van der Waals surface area contributed by atoms with Crippen LogP contribution in [0.2, 0.25) is 0 Å². The quantitative estimate of drug-likeness (QED) is 0.638. The van der Waals surface area contributed by atoms with Gasteiger partial charge in [-0.25, -0.2) is 5.43 Å². The third-order valence-corrected chi connectivity index (χ3v) is 4.35. The normalized spacial score (nSPS) is 17.2. The van der Waals surface area contributed by atoms with Crippen LogP contribution < -0.4 is 11.3 Å². The summed E-state index contributed by atoms with van der Waals surface area (Å²) in [5.41, 5.74) is 3.91. The van der Waals surface area contributed by atoms with Crippen LogP contribution in [-0.2, 0) is 7.05 Å². The summed E-state index contributed by atoms with van der Waals surface area (Å²) in [7, 11) is 6.06. The van der Waals surface area contributed by atoms with Crippen molar-refractivity contribution in [3.8, 4) is 0 Å². The number of halogens is 1. The summed E-state index contributed by atoms with van der Waals surface area (Å²) in [6.45, 7) is 4.35. The first kappa shape index (κ1) is 14.6. The molecular formula is C11H22BrN5. The summed E-state index contributed by atoms with van der Waals surface area (Å²) in [4.78, 5) is 2.19. The third-order valence-electron chi connectivity index (χ3n) is 3.74. The minimum Gasteiger partial charge on any atom is -0.302 e. The number of hydrogen-bond donors (Lipinski definition) is 2. The van der Waals surface area contributed by atoms with Crippen molar-refractivity contribution in [1.82, 2.24) is 20.1 Å². The highest BCUT2D eigenvalue weighted by Gasteiger charge is 2.38. The monoisotopic (exact) mass is 303 g/mol. The Morgan fingerprint density at radius 2 is 2.24 bits per heavy atom. The molecule has 1 aromatic rings. The lowest BCUT2D eigenvalue weighted by molar-refractivity contribution is 0.108. The fourth-order valence-corrected chi connectivity index (χ4v) is 2.65. The van der Waals surface area contributed by atoms with Crippen LogP contribution >= 0.6 is 15.9 Å². The van der Waals surface area contributed by atoms with Crippen molar-refractivity contribution in [1.29, 1.82) is 0 Å². The Kier molecular flexibility index (Phi) is 4.71. The van der Waals surface area contributed by atoms with E-state index in [-0.39, 0.29) is 11.6 Å². The summed E-state index contributed by atoms with van der Waals surface area (Å²) in [6.07, 6.45) is 2.78. The number of aromatic nitrogens is 2. The second kappa shape index (κ2) is 5.48. The molecule has 5 nitrogen and oxygen atoms in total. The van der Waals surface area contributed by atoms with E-state index in [4.69, 9.17) is 5.84 Å². The highest BCUT2D eigenvalue weighted by Crippen LogP contribution is 2.35. The molecule has 0 saturated carbocycles. The Balaban J connectivity index is 3.24. The molecule has 6 heteroatoms. The van der Waals surface area contributed by atoms with Gasteiger partial charge in [0.1, 0.15) is 0 Å². The fourth-order valence-electron chi connectivity index (χ4n) is 2.08. The molecule has 0 bridgehead atoms. The molecule has 1 rings (SSSR count). The molecule has 2 atom stereocenters. The molecule has 3 N–H and O–H groups in total. The van der Waals surface area contributed by atoms with E-state index in [1.165, 1.54) is 0 Å². The Labute approximate surface area is 111 Å². The van der Waals surface area contributed by atoms with E-state index in [9.17, 15) is 0 Å². The summed E-state index contributed by atoms with van der Waals surface area (Å²) in [5.74, 6) is 5.76. The largest absolute Gasteiger partial charge is 0.302 e. The molecule has 0 fully saturated rings. The molecule has 17 heavy (non-hydrogen) atoms. The molecule has 0 saturated heterocycles. The van der Waals surface area contributed by atoms with Crippen molar-refractivity contribution in [2.75, 3.05) is 14.1 Å². The fraction of sp³-hybridized carbons (Fsp3) is 0.727. The van der Waals surface area contributed by atoms with Crippen LogP contribution in [0.4, 0.5) is 0 Å². The van der Waals surface area contributed by atoms with Gasteiger partial charge < -0.3 is 4.90 Å². The van der Waals surface area contributed by atoms with Gasteiger partial charge in [-0.05, 0) is 43.4 Å². The predicted octanol–water partition coefficient (Wildman–Crippen LogP) is 1.42. The van der Waals surface area contributed by atoms with E-state index >= 15 is 0 Å². The SMILES string of the molecule is CCC(C)(C(NN)c1c(Br)cnn1C)N(C)C. The van der Waals surface area contributed by atoms with E-state index < -0.39 is 0 Å². The lowest BCUT2D eigenvalue weighted by Gasteiger charge is -2.42. The number of hydrogen-bond acceptors (Lipinski definition) is 4. The summed E-state index contributed by atoms with van der Waals surface area (Å²) < 4.78 is 2.83. The molecule has 1 aromatic heterocycles. The molecule has 0 aliphatic rings. The zero-order valence-electron chi connectivity index (χ0n) is 11.2. The Bertz CT molecular complexity index is 356. The van der Waals surface area contributed by atoms with Gasteiger partial charge in [-0.3, -0.25) is 10.5 Å². The van der Waals surface area contributed by atoms with Crippen LogP contribution in [-0.4, -0.2) is 34.3 Å². The lowest BCUT2D eigenvalue weighted by atomic mass is 9.86. The van der Waals surface area contributed by atoms with Crippen LogP contribution in [0.15, 0.2) is 10.7 Å². The maximum Gasteiger partial charge on any atom is 0.0820 e. The lowest BCUT2D eigenvalue weighted by Crippen LogP contribution is -2.53. The molecule has 0 aliphatic heterocycles. The van der Waals surface area contributed by atoms with Gasteiger partial charge in [-0.15, -0.1) is 0 Å². The van der Waals surface area contributed by atoms with E-state index in [1.54, 1.807) is 6.20 Å². The van der Waals surface area contributed by atoms with Gasteiger partial charge in [0.2, 0.25) is 0 Å². The second-order valence-electron chi connectivity index (χ2n) is 4.71. The molecule has 1 heterocycles. The second-order valence-corrected chi connectivity index (χ2v) is 5.56. The van der Waals surface area contributed by atoms with Gasteiger partial charge in [0.05, 0.1) is 22.4 Å². The van der Waals surface area contributed by atoms with Crippen molar-refractivity contribution >= 4 is 15.9 Å². The van der Waals surface area contributed by atoms with Crippen molar-refractivity contribution < 1.29 is 0 Å². The highest BCUT2D eigenvalue weighted by molar-refractivity contribution is 9.10. The number of likely N-dealkylation sites (N-methyl/N-ethyl adjacent to an activating group) is 1. The van der Waals surface area contributed by atoms with Gasteiger partial charge in [0.15, 0.2) is 0 Å². The average Bonchev–Trinajstić information content (AvgIpc) is 2.61. The molecule has 0 spiro atoms. The van der Waals surface area contributed by atoms with Crippen LogP contribution in [0, 0.1) is 0 Å². The zero-order valence-corrected chi connectivity index (χ0v) is 12.7. The van der Waals surface area contributed by atoms with Gasteiger partial charge in [0, 0.05) is 12.6 Å². The Hall–Kier alpha value is -0.430. The van der Waals surface area contributed by atoms with Gasteiger partial charge in [0.25, 0.3) is 0 Å². The predicted molar refractivity (Wildman–Crippen MR) is 73.4 cm³/mol. The van der Waals surface area contributed by atoms with E-state index in [0.717, 1.165) is 16.6 Å². The first-order valence-electron chi connectivity index (χ1n) is 5.69. The summed E-state index contributed by atoms with van der Waals surface area (Å²) in [6, 6.07) is 0.00405. The number of nitrogens with two attached hydrogens (primary N) is 1. The molecule has 0 radical (unpaired) electrons. The summed E-state index contributed by atoms with van der Waals surface area (Å²) in [5, 5.41) is 4.25. The Morgan fingerprint density at radius 1 is 1.65 bits per heavy atom. The zero-order chi connectivity index (χ0) is 13.2. The number of nitrogens with zero attached hydrogens (tertiary/aromatic N) is 3. The maximum atomic E-state index is 5.76. The Morgan fingerprint density at radius 3 is 2.53 bits per heavy atom. The average molecular weight is 304 g/mol. The molecule has 0 amide bonds. The van der Waals surface area contributed by atoms with Crippen molar-refractivity contribution in [2.24, 2.45) is 12.9 Å². The van der Waals surface area contributed by atoms with Crippen LogP contribution in [0.5, 0.6) is 0 Å². The molecule has 98 valence electrons. The van der Waals surface area contributed by atoms with Crippen LogP contribution in [0.3, 0.4) is 0 Å². The van der Waals surface area contributed by atoms with Gasteiger partial charge >= 0.3 is 0 Å². The van der Waals surface area contributed by atoms with Gasteiger partial charge in [-0.1, -0.05) is 6.92 Å². The van der Waals surface area contributed by atoms with E-state index in [0.29, 0.717) is 0 Å². The maximum absolute atomic E-state index is 5.76. The molecule has 0 aromatic carbocycles. The minimum atomic E-state index is -0.0783. The number of hydrazine groups is 1. The number of nitrogens with one attached hydrogen (secondary N) is 1. The standard InChI is InChI=1S/C11H22BrN5/c1-6-11(2,16(3)4)10(15-13)9-8(12)7-14-17(9)5/h7,10,15H,6,13H2,1-5H3. The van der Waals surface area contributed by atoms with E-state index in [2.05, 4.69) is 59.3 Å². The third kappa shape index (κ3) is 2.54. The molecule has 2 unspecified atom stereocenters. The van der Waals surface area contributed by atoms with Crippen LogP contribution in [0.1, 0.15) is 32.0 Å².